The highest BCUT2D eigenvalue weighted by atomic mass is 16.5. The molecule has 0 amide bonds. The minimum atomic E-state index is 0.555. The molecule has 3 heterocycles. The van der Waals surface area contributed by atoms with Gasteiger partial charge in [0, 0.05) is 38.2 Å². The molecule has 0 radical (unpaired) electrons. The Labute approximate surface area is 136 Å². The standard InChI is InChI=1S/C16H24N6O/c1-20(11-15-18-19-16(21(15)2)12-3-4-12)13-6-8-22(9-13)10-14-5-7-17-23-14/h5,7,12-13H,3-4,6,8-11H2,1-2H3/t13-/m1/s1. The molecule has 4 rings (SSSR count). The molecule has 23 heavy (non-hydrogen) atoms. The Hall–Kier alpha value is -1.73. The largest absolute Gasteiger partial charge is 0.360 e. The fourth-order valence-electron chi connectivity index (χ4n) is 3.42. The summed E-state index contributed by atoms with van der Waals surface area (Å²) < 4.78 is 7.40. The van der Waals surface area contributed by atoms with Gasteiger partial charge in [0.05, 0.1) is 19.3 Å². The first-order valence-corrected chi connectivity index (χ1v) is 8.41. The predicted molar refractivity (Wildman–Crippen MR) is 84.6 cm³/mol. The molecule has 2 aromatic heterocycles. The van der Waals surface area contributed by atoms with Crippen LogP contribution in [0.2, 0.25) is 0 Å². The lowest BCUT2D eigenvalue weighted by atomic mass is 10.2. The van der Waals surface area contributed by atoms with E-state index < -0.39 is 0 Å². The molecule has 0 N–H and O–H groups in total. The summed E-state index contributed by atoms with van der Waals surface area (Å²) in [5.41, 5.74) is 0. The molecule has 7 heteroatoms. The first-order chi connectivity index (χ1) is 11.2. The summed E-state index contributed by atoms with van der Waals surface area (Å²) in [5.74, 6) is 3.82. The summed E-state index contributed by atoms with van der Waals surface area (Å²) in [7, 11) is 4.29. The highest BCUT2D eigenvalue weighted by molar-refractivity contribution is 5.08. The predicted octanol–water partition coefficient (Wildman–Crippen LogP) is 1.39. The van der Waals surface area contributed by atoms with Gasteiger partial charge in [-0.3, -0.25) is 9.80 Å². The number of hydrogen-bond acceptors (Lipinski definition) is 6. The second-order valence-corrected chi connectivity index (χ2v) is 6.88. The number of likely N-dealkylation sites (tertiary alicyclic amines) is 1. The Bertz CT molecular complexity index is 648. The van der Waals surface area contributed by atoms with Gasteiger partial charge in [0.2, 0.25) is 0 Å². The Morgan fingerprint density at radius 2 is 2.17 bits per heavy atom. The molecular formula is C16H24N6O. The van der Waals surface area contributed by atoms with Gasteiger partial charge in [-0.25, -0.2) is 0 Å². The van der Waals surface area contributed by atoms with E-state index >= 15 is 0 Å². The van der Waals surface area contributed by atoms with E-state index in [0.29, 0.717) is 12.0 Å². The van der Waals surface area contributed by atoms with Gasteiger partial charge in [-0.1, -0.05) is 5.16 Å². The van der Waals surface area contributed by atoms with Crippen LogP contribution in [0, 0.1) is 0 Å². The molecule has 1 aliphatic carbocycles. The molecule has 2 fully saturated rings. The van der Waals surface area contributed by atoms with Gasteiger partial charge in [-0.2, -0.15) is 0 Å². The average molecular weight is 316 g/mol. The second-order valence-electron chi connectivity index (χ2n) is 6.88. The normalized spacial score (nSPS) is 22.3. The van der Waals surface area contributed by atoms with Crippen molar-refractivity contribution < 1.29 is 4.52 Å². The molecule has 0 aromatic carbocycles. The van der Waals surface area contributed by atoms with E-state index in [4.69, 9.17) is 4.52 Å². The van der Waals surface area contributed by atoms with Crippen molar-refractivity contribution in [3.05, 3.63) is 29.7 Å². The van der Waals surface area contributed by atoms with Crippen LogP contribution in [-0.4, -0.2) is 55.9 Å². The van der Waals surface area contributed by atoms with Crippen LogP contribution >= 0.6 is 0 Å². The van der Waals surface area contributed by atoms with Crippen LogP contribution in [0.25, 0.3) is 0 Å². The number of likely N-dealkylation sites (N-methyl/N-ethyl adjacent to an activating group) is 1. The first-order valence-electron chi connectivity index (χ1n) is 8.41. The van der Waals surface area contributed by atoms with Crippen molar-refractivity contribution in [1.82, 2.24) is 29.7 Å². The third-order valence-corrected chi connectivity index (χ3v) is 5.07. The summed E-state index contributed by atoms with van der Waals surface area (Å²) in [5, 5.41) is 12.6. The van der Waals surface area contributed by atoms with E-state index in [2.05, 4.69) is 43.8 Å². The van der Waals surface area contributed by atoms with Crippen molar-refractivity contribution in [1.29, 1.82) is 0 Å². The quantitative estimate of drug-likeness (QED) is 0.802. The van der Waals surface area contributed by atoms with Crippen LogP contribution in [0.1, 0.15) is 42.6 Å². The molecule has 7 nitrogen and oxygen atoms in total. The molecule has 1 saturated carbocycles. The van der Waals surface area contributed by atoms with Crippen molar-refractivity contribution in [2.45, 2.75) is 44.3 Å². The topological polar surface area (TPSA) is 63.2 Å². The van der Waals surface area contributed by atoms with Crippen molar-refractivity contribution in [3.8, 4) is 0 Å². The molecule has 124 valence electrons. The van der Waals surface area contributed by atoms with Gasteiger partial charge in [0.1, 0.15) is 11.6 Å². The van der Waals surface area contributed by atoms with E-state index in [9.17, 15) is 0 Å². The summed E-state index contributed by atoms with van der Waals surface area (Å²) in [4.78, 5) is 4.83. The van der Waals surface area contributed by atoms with Crippen LogP contribution in [-0.2, 0) is 20.1 Å². The maximum atomic E-state index is 5.21. The van der Waals surface area contributed by atoms with Gasteiger partial charge in [0.25, 0.3) is 0 Å². The monoisotopic (exact) mass is 316 g/mol. The first kappa shape index (κ1) is 14.8. The fourth-order valence-corrected chi connectivity index (χ4v) is 3.42. The number of aromatic nitrogens is 4. The summed E-state index contributed by atoms with van der Waals surface area (Å²) in [6.45, 7) is 3.86. The Morgan fingerprint density at radius 1 is 1.30 bits per heavy atom. The van der Waals surface area contributed by atoms with Crippen molar-refractivity contribution in [2.75, 3.05) is 20.1 Å². The highest BCUT2D eigenvalue weighted by Gasteiger charge is 2.31. The fraction of sp³-hybridized carbons (Fsp3) is 0.688. The zero-order valence-electron chi connectivity index (χ0n) is 13.9. The molecule has 2 aromatic rings. The summed E-state index contributed by atoms with van der Waals surface area (Å²) >= 11 is 0. The van der Waals surface area contributed by atoms with E-state index in [1.54, 1.807) is 6.20 Å². The van der Waals surface area contributed by atoms with E-state index in [1.807, 2.05) is 6.07 Å². The maximum Gasteiger partial charge on any atom is 0.150 e. The van der Waals surface area contributed by atoms with Gasteiger partial charge >= 0.3 is 0 Å². The molecule has 0 bridgehead atoms. The molecule has 2 aliphatic rings. The number of rotatable bonds is 6. The molecule has 1 aliphatic heterocycles. The highest BCUT2D eigenvalue weighted by Crippen LogP contribution is 2.38. The maximum absolute atomic E-state index is 5.21. The van der Waals surface area contributed by atoms with Gasteiger partial charge in [-0.15, -0.1) is 10.2 Å². The molecule has 0 spiro atoms. The number of hydrogen-bond donors (Lipinski definition) is 0. The molecular weight excluding hydrogens is 292 g/mol. The number of nitrogens with zero attached hydrogens (tertiary/aromatic N) is 6. The Balaban J connectivity index is 1.33. The van der Waals surface area contributed by atoms with Crippen molar-refractivity contribution >= 4 is 0 Å². The lowest BCUT2D eigenvalue weighted by Gasteiger charge is -2.24. The van der Waals surface area contributed by atoms with Crippen molar-refractivity contribution in [2.24, 2.45) is 7.05 Å². The lowest BCUT2D eigenvalue weighted by Crippen LogP contribution is -2.34. The van der Waals surface area contributed by atoms with Crippen LogP contribution in [0.4, 0.5) is 0 Å². The van der Waals surface area contributed by atoms with Crippen LogP contribution in [0.3, 0.4) is 0 Å². The van der Waals surface area contributed by atoms with Crippen LogP contribution < -0.4 is 0 Å². The Kier molecular flexibility index (Phi) is 3.90. The SMILES string of the molecule is CN(Cc1nnc(C2CC2)n1C)[C@@H]1CCN(Cc2ccno2)C1. The smallest absolute Gasteiger partial charge is 0.150 e. The van der Waals surface area contributed by atoms with E-state index in [-0.39, 0.29) is 0 Å². The summed E-state index contributed by atoms with van der Waals surface area (Å²) in [6, 6.07) is 2.50. The molecule has 1 atom stereocenters. The van der Waals surface area contributed by atoms with Gasteiger partial charge in [-0.05, 0) is 26.3 Å². The zero-order valence-corrected chi connectivity index (χ0v) is 13.9. The Morgan fingerprint density at radius 3 is 2.91 bits per heavy atom. The average Bonchev–Trinajstić information content (AvgIpc) is 2.94. The van der Waals surface area contributed by atoms with Crippen LogP contribution in [0.5, 0.6) is 0 Å². The third-order valence-electron chi connectivity index (χ3n) is 5.07. The summed E-state index contributed by atoms with van der Waals surface area (Å²) in [6.07, 6.45) is 5.42. The minimum Gasteiger partial charge on any atom is -0.360 e. The third kappa shape index (κ3) is 3.16. The van der Waals surface area contributed by atoms with Crippen LogP contribution in [0.15, 0.2) is 16.8 Å². The van der Waals surface area contributed by atoms with Crippen molar-refractivity contribution in [3.63, 3.8) is 0 Å². The van der Waals surface area contributed by atoms with Gasteiger partial charge < -0.3 is 9.09 Å². The molecule has 1 saturated heterocycles. The minimum absolute atomic E-state index is 0.555. The second kappa shape index (κ2) is 6.05. The lowest BCUT2D eigenvalue weighted by molar-refractivity contribution is 0.208. The zero-order chi connectivity index (χ0) is 15.8. The van der Waals surface area contributed by atoms with E-state index in [0.717, 1.165) is 43.6 Å². The molecule has 0 unspecified atom stereocenters. The van der Waals surface area contributed by atoms with E-state index in [1.165, 1.54) is 19.3 Å². The van der Waals surface area contributed by atoms with Gasteiger partial charge in [0.15, 0.2) is 5.76 Å².